The van der Waals surface area contributed by atoms with Crippen molar-refractivity contribution in [2.45, 2.75) is 30.7 Å². The molecule has 2 aliphatic rings. The zero-order valence-electron chi connectivity index (χ0n) is 18.7. The molecule has 2 aromatic carbocycles. The molecule has 0 aliphatic carbocycles. The van der Waals surface area contributed by atoms with E-state index >= 15 is 0 Å². The van der Waals surface area contributed by atoms with Gasteiger partial charge in [-0.3, -0.25) is 4.90 Å². The summed E-state index contributed by atoms with van der Waals surface area (Å²) in [5.41, 5.74) is 2.40. The van der Waals surface area contributed by atoms with Gasteiger partial charge in [-0.2, -0.15) is 4.31 Å². The predicted octanol–water partition coefficient (Wildman–Crippen LogP) is 3.26. The fraction of sp³-hybridized carbons (Fsp3) is 0.458. The molecule has 0 N–H and O–H groups in total. The van der Waals surface area contributed by atoms with Gasteiger partial charge in [0.05, 0.1) is 29.6 Å². The van der Waals surface area contributed by atoms with Gasteiger partial charge >= 0.3 is 0 Å². The number of likely N-dealkylation sites (tertiary alicyclic amines) is 1. The fourth-order valence-electron chi connectivity index (χ4n) is 5.22. The van der Waals surface area contributed by atoms with E-state index in [-0.39, 0.29) is 5.41 Å². The van der Waals surface area contributed by atoms with Gasteiger partial charge in [-0.15, -0.1) is 0 Å². The van der Waals surface area contributed by atoms with Crippen molar-refractivity contribution in [1.82, 2.24) is 18.8 Å². The first-order valence-electron chi connectivity index (χ1n) is 11.2. The summed E-state index contributed by atoms with van der Waals surface area (Å²) in [6, 6.07) is 15.0. The monoisotopic (exact) mass is 454 g/mol. The molecular weight excluding hydrogens is 424 g/mol. The van der Waals surface area contributed by atoms with Gasteiger partial charge in [0.25, 0.3) is 0 Å². The van der Waals surface area contributed by atoms with E-state index in [0.29, 0.717) is 23.7 Å². The van der Waals surface area contributed by atoms with Gasteiger partial charge in [0, 0.05) is 32.7 Å². The van der Waals surface area contributed by atoms with Crippen molar-refractivity contribution in [3.63, 3.8) is 0 Å². The molecule has 0 radical (unpaired) electrons. The summed E-state index contributed by atoms with van der Waals surface area (Å²) in [4.78, 5) is 7.61. The summed E-state index contributed by atoms with van der Waals surface area (Å²) in [5.74, 6) is 1.65. The molecule has 2 saturated heterocycles. The molecule has 5 rings (SSSR count). The summed E-state index contributed by atoms with van der Waals surface area (Å²) in [7, 11) is 0.136. The number of ether oxygens (including phenoxy) is 1. The molecule has 0 amide bonds. The summed E-state index contributed by atoms with van der Waals surface area (Å²) in [6.45, 7) is 4.01. The zero-order chi connectivity index (χ0) is 22.3. The Morgan fingerprint density at radius 3 is 2.53 bits per heavy atom. The van der Waals surface area contributed by atoms with Crippen LogP contribution in [-0.4, -0.2) is 60.5 Å². The first-order chi connectivity index (χ1) is 15.4. The molecule has 0 unspecified atom stereocenters. The quantitative estimate of drug-likeness (QED) is 0.592. The molecule has 2 aliphatic heterocycles. The van der Waals surface area contributed by atoms with Gasteiger partial charge in [0.1, 0.15) is 11.6 Å². The van der Waals surface area contributed by atoms with Crippen LogP contribution < -0.4 is 4.74 Å². The number of para-hydroxylation sites is 2. The molecular formula is C24H30N4O3S. The van der Waals surface area contributed by atoms with Crippen LogP contribution in [0.5, 0.6) is 5.75 Å². The summed E-state index contributed by atoms with van der Waals surface area (Å²) < 4.78 is 35.3. The Kier molecular flexibility index (Phi) is 5.47. The molecule has 1 aromatic heterocycles. The van der Waals surface area contributed by atoms with Crippen LogP contribution in [0.15, 0.2) is 53.4 Å². The number of nitrogens with zero attached hydrogens (tertiary/aromatic N) is 4. The van der Waals surface area contributed by atoms with E-state index < -0.39 is 10.0 Å². The van der Waals surface area contributed by atoms with E-state index in [2.05, 4.69) is 28.6 Å². The Hall–Kier alpha value is -2.42. The number of hydrogen-bond acceptors (Lipinski definition) is 5. The topological polar surface area (TPSA) is 67.7 Å². The number of methoxy groups -OCH3 is 1. The predicted molar refractivity (Wildman–Crippen MR) is 124 cm³/mol. The SMILES string of the molecule is COc1cccc(S(=O)(=O)N2CCC3(CCN(Cc4nc5ccccc5n4C)C3)CC2)c1. The minimum Gasteiger partial charge on any atom is -0.497 e. The molecule has 0 saturated carbocycles. The van der Waals surface area contributed by atoms with Gasteiger partial charge in [-0.1, -0.05) is 18.2 Å². The number of imidazole rings is 1. The Balaban J connectivity index is 1.24. The van der Waals surface area contributed by atoms with E-state index in [4.69, 9.17) is 9.72 Å². The van der Waals surface area contributed by atoms with E-state index in [1.807, 2.05) is 12.1 Å². The molecule has 1 spiro atoms. The number of benzene rings is 2. The number of aromatic nitrogens is 2. The third-order valence-corrected chi connectivity index (χ3v) is 9.12. The third kappa shape index (κ3) is 3.80. The van der Waals surface area contributed by atoms with Crippen LogP contribution >= 0.6 is 0 Å². The van der Waals surface area contributed by atoms with Gasteiger partial charge in [-0.25, -0.2) is 13.4 Å². The first kappa shape index (κ1) is 21.4. The maximum Gasteiger partial charge on any atom is 0.243 e. The minimum atomic E-state index is -3.50. The number of aryl methyl sites for hydroxylation is 1. The highest BCUT2D eigenvalue weighted by atomic mass is 32.2. The maximum absolute atomic E-state index is 13.1. The summed E-state index contributed by atoms with van der Waals surface area (Å²) in [5, 5.41) is 0. The van der Waals surface area contributed by atoms with Crippen molar-refractivity contribution in [3.05, 3.63) is 54.4 Å². The van der Waals surface area contributed by atoms with Crippen molar-refractivity contribution in [2.75, 3.05) is 33.3 Å². The normalized spacial score (nSPS) is 19.7. The van der Waals surface area contributed by atoms with Gasteiger partial charge < -0.3 is 9.30 Å². The van der Waals surface area contributed by atoms with Gasteiger partial charge in [0.15, 0.2) is 0 Å². The van der Waals surface area contributed by atoms with Crippen molar-refractivity contribution < 1.29 is 13.2 Å². The van der Waals surface area contributed by atoms with Gasteiger partial charge in [0.2, 0.25) is 10.0 Å². The molecule has 7 nitrogen and oxygen atoms in total. The van der Waals surface area contributed by atoms with E-state index in [9.17, 15) is 8.42 Å². The zero-order valence-corrected chi connectivity index (χ0v) is 19.5. The Labute approximate surface area is 189 Å². The van der Waals surface area contributed by atoms with E-state index in [1.54, 1.807) is 35.7 Å². The van der Waals surface area contributed by atoms with Crippen LogP contribution in [0.4, 0.5) is 0 Å². The highest BCUT2D eigenvalue weighted by Crippen LogP contribution is 2.42. The van der Waals surface area contributed by atoms with Crippen LogP contribution in [-0.2, 0) is 23.6 Å². The lowest BCUT2D eigenvalue weighted by molar-refractivity contribution is 0.152. The van der Waals surface area contributed by atoms with E-state index in [0.717, 1.165) is 55.8 Å². The second-order valence-electron chi connectivity index (χ2n) is 9.12. The van der Waals surface area contributed by atoms with Crippen molar-refractivity contribution >= 4 is 21.1 Å². The highest BCUT2D eigenvalue weighted by Gasteiger charge is 2.43. The lowest BCUT2D eigenvalue weighted by Gasteiger charge is -2.38. The van der Waals surface area contributed by atoms with Crippen molar-refractivity contribution in [1.29, 1.82) is 0 Å². The molecule has 2 fully saturated rings. The lowest BCUT2D eigenvalue weighted by atomic mass is 9.78. The van der Waals surface area contributed by atoms with E-state index in [1.165, 1.54) is 0 Å². The average molecular weight is 455 g/mol. The largest absolute Gasteiger partial charge is 0.497 e. The smallest absolute Gasteiger partial charge is 0.243 e. The summed E-state index contributed by atoms with van der Waals surface area (Å²) >= 11 is 0. The molecule has 170 valence electrons. The molecule has 32 heavy (non-hydrogen) atoms. The standard InChI is InChI=1S/C24H30N4O3S/c1-26-22-9-4-3-8-21(22)25-23(26)17-27-13-10-24(18-27)11-14-28(15-12-24)32(29,30)20-7-5-6-19(16-20)31-2/h3-9,16H,10-15,17-18H2,1-2H3. The first-order valence-corrected chi connectivity index (χ1v) is 12.6. The number of fused-ring (bicyclic) bond motifs is 1. The number of sulfonamides is 1. The second-order valence-corrected chi connectivity index (χ2v) is 11.1. The molecule has 0 bridgehead atoms. The van der Waals surface area contributed by atoms with Crippen LogP contribution in [0.2, 0.25) is 0 Å². The lowest BCUT2D eigenvalue weighted by Crippen LogP contribution is -2.44. The van der Waals surface area contributed by atoms with Crippen molar-refractivity contribution in [2.24, 2.45) is 12.5 Å². The van der Waals surface area contributed by atoms with Crippen LogP contribution in [0.1, 0.15) is 25.1 Å². The molecule has 0 atom stereocenters. The average Bonchev–Trinajstić information content (AvgIpc) is 3.35. The Morgan fingerprint density at radius 2 is 1.78 bits per heavy atom. The molecule has 3 aromatic rings. The second kappa shape index (κ2) is 8.17. The third-order valence-electron chi connectivity index (χ3n) is 7.22. The van der Waals surface area contributed by atoms with Crippen LogP contribution in [0, 0.1) is 5.41 Å². The molecule has 3 heterocycles. The Morgan fingerprint density at radius 1 is 1.03 bits per heavy atom. The minimum absolute atomic E-state index is 0.199. The number of hydrogen-bond donors (Lipinski definition) is 0. The van der Waals surface area contributed by atoms with Crippen LogP contribution in [0.3, 0.4) is 0 Å². The van der Waals surface area contributed by atoms with Gasteiger partial charge in [-0.05, 0) is 55.5 Å². The van der Waals surface area contributed by atoms with Crippen molar-refractivity contribution in [3.8, 4) is 5.75 Å². The Bertz CT molecular complexity index is 1230. The van der Waals surface area contributed by atoms with Crippen LogP contribution in [0.25, 0.3) is 11.0 Å². The summed E-state index contributed by atoms with van der Waals surface area (Å²) in [6.07, 6.45) is 2.91. The number of rotatable bonds is 5. The number of piperidine rings is 1. The fourth-order valence-corrected chi connectivity index (χ4v) is 6.70. The molecule has 8 heteroatoms. The highest BCUT2D eigenvalue weighted by molar-refractivity contribution is 7.89. The maximum atomic E-state index is 13.1.